The average molecular weight is 410 g/mol. The normalized spacial score (nSPS) is 10.8. The van der Waals surface area contributed by atoms with Crippen LogP contribution in [0.25, 0.3) is 5.82 Å². The lowest BCUT2D eigenvalue weighted by molar-refractivity contribution is 0.0946. The fraction of sp³-hybridized carbons (Fsp3) is 0.0952. The maximum atomic E-state index is 13.5. The van der Waals surface area contributed by atoms with Crippen LogP contribution in [0.4, 0.5) is 4.39 Å². The second-order valence-corrected chi connectivity index (χ2v) is 6.89. The van der Waals surface area contributed by atoms with Gasteiger partial charge in [0, 0.05) is 24.0 Å². The first kappa shape index (κ1) is 18.9. The number of aromatic nitrogens is 4. The van der Waals surface area contributed by atoms with Crippen LogP contribution < -0.4 is 5.32 Å². The van der Waals surface area contributed by atoms with Gasteiger partial charge in [-0.15, -0.1) is 5.10 Å². The molecule has 4 rings (SSSR count). The molecule has 2 heterocycles. The molecule has 1 amide bonds. The molecule has 0 saturated heterocycles. The van der Waals surface area contributed by atoms with Gasteiger partial charge in [-0.25, -0.2) is 9.07 Å². The first-order valence-corrected chi connectivity index (χ1v) is 9.32. The van der Waals surface area contributed by atoms with Crippen molar-refractivity contribution < 1.29 is 9.18 Å². The van der Waals surface area contributed by atoms with Crippen LogP contribution in [0, 0.1) is 5.82 Å². The minimum absolute atomic E-state index is 0.180. The highest BCUT2D eigenvalue weighted by Gasteiger charge is 2.21. The van der Waals surface area contributed by atoms with Crippen LogP contribution in [0.15, 0.2) is 73.1 Å². The summed E-state index contributed by atoms with van der Waals surface area (Å²) in [6, 6.07) is 17.2. The monoisotopic (exact) mass is 409 g/mol. The Bertz CT molecular complexity index is 1140. The molecule has 146 valence electrons. The Hall–Kier alpha value is -3.45. The molecule has 0 unspecified atom stereocenters. The molecule has 0 fully saturated rings. The van der Waals surface area contributed by atoms with E-state index in [4.69, 9.17) is 11.6 Å². The van der Waals surface area contributed by atoms with E-state index in [1.54, 1.807) is 45.9 Å². The van der Waals surface area contributed by atoms with Gasteiger partial charge in [0.05, 0.1) is 6.54 Å². The van der Waals surface area contributed by atoms with Gasteiger partial charge in [-0.05, 0) is 47.5 Å². The minimum Gasteiger partial charge on any atom is -0.346 e. The summed E-state index contributed by atoms with van der Waals surface area (Å²) in [5.74, 6) is -0.188. The molecular formula is C21H17ClFN5O. The van der Waals surface area contributed by atoms with Crippen LogP contribution in [-0.2, 0) is 13.1 Å². The Morgan fingerprint density at radius 3 is 2.55 bits per heavy atom. The molecule has 0 aliphatic heterocycles. The Morgan fingerprint density at radius 1 is 1.03 bits per heavy atom. The van der Waals surface area contributed by atoms with E-state index in [9.17, 15) is 9.18 Å². The second kappa shape index (κ2) is 8.28. The zero-order valence-electron chi connectivity index (χ0n) is 15.3. The Morgan fingerprint density at radius 2 is 1.79 bits per heavy atom. The molecule has 0 saturated carbocycles. The summed E-state index contributed by atoms with van der Waals surface area (Å²) < 4.78 is 16.9. The Balaban J connectivity index is 1.61. The number of nitrogens with one attached hydrogen (secondary N) is 1. The lowest BCUT2D eigenvalue weighted by atomic mass is 10.2. The summed E-state index contributed by atoms with van der Waals surface area (Å²) >= 11 is 5.99. The lowest BCUT2D eigenvalue weighted by Gasteiger charge is -2.10. The number of amides is 1. The third kappa shape index (κ3) is 4.35. The van der Waals surface area contributed by atoms with Gasteiger partial charge in [0.2, 0.25) is 0 Å². The summed E-state index contributed by atoms with van der Waals surface area (Å²) in [5, 5.41) is 11.7. The van der Waals surface area contributed by atoms with Gasteiger partial charge in [0.1, 0.15) is 5.82 Å². The van der Waals surface area contributed by atoms with Gasteiger partial charge in [0.15, 0.2) is 11.5 Å². The van der Waals surface area contributed by atoms with Gasteiger partial charge >= 0.3 is 0 Å². The van der Waals surface area contributed by atoms with Crippen LogP contribution in [-0.4, -0.2) is 25.5 Å². The number of carbonyl (C=O) groups is 1. The molecule has 8 heteroatoms. The smallest absolute Gasteiger partial charge is 0.276 e. The molecule has 1 N–H and O–H groups in total. The molecule has 0 spiro atoms. The predicted molar refractivity (Wildman–Crippen MR) is 107 cm³/mol. The number of benzene rings is 2. The number of hydrogen-bond acceptors (Lipinski definition) is 3. The highest BCUT2D eigenvalue weighted by atomic mass is 35.5. The molecule has 4 aromatic rings. The molecule has 0 bridgehead atoms. The van der Waals surface area contributed by atoms with E-state index in [1.165, 1.54) is 12.1 Å². The van der Waals surface area contributed by atoms with Gasteiger partial charge in [-0.1, -0.05) is 41.1 Å². The summed E-state index contributed by atoms with van der Waals surface area (Å²) in [6.07, 6.45) is 3.60. The van der Waals surface area contributed by atoms with Crippen molar-refractivity contribution in [2.24, 2.45) is 0 Å². The van der Waals surface area contributed by atoms with E-state index in [-0.39, 0.29) is 24.0 Å². The fourth-order valence-corrected chi connectivity index (χ4v) is 3.23. The lowest BCUT2D eigenvalue weighted by Crippen LogP contribution is -2.25. The van der Waals surface area contributed by atoms with E-state index >= 15 is 0 Å². The van der Waals surface area contributed by atoms with Crippen molar-refractivity contribution in [1.82, 2.24) is 24.9 Å². The number of halogens is 2. The zero-order valence-corrected chi connectivity index (χ0v) is 16.1. The zero-order chi connectivity index (χ0) is 20.2. The van der Waals surface area contributed by atoms with Crippen LogP contribution >= 0.6 is 11.6 Å². The topological polar surface area (TPSA) is 64.7 Å². The number of carbonyl (C=O) groups excluding carboxylic acids is 1. The number of hydrogen-bond donors (Lipinski definition) is 1. The molecule has 29 heavy (non-hydrogen) atoms. The number of nitrogens with zero attached hydrogens (tertiary/aromatic N) is 4. The largest absolute Gasteiger partial charge is 0.346 e. The summed E-state index contributed by atoms with van der Waals surface area (Å²) in [5.41, 5.74) is 1.77. The van der Waals surface area contributed by atoms with Crippen LogP contribution in [0.1, 0.15) is 21.6 Å². The van der Waals surface area contributed by atoms with Crippen molar-refractivity contribution in [2.75, 3.05) is 0 Å². The maximum absolute atomic E-state index is 13.5. The fourth-order valence-electron chi connectivity index (χ4n) is 3.01. The first-order chi connectivity index (χ1) is 14.1. The van der Waals surface area contributed by atoms with E-state index in [2.05, 4.69) is 15.6 Å². The summed E-state index contributed by atoms with van der Waals surface area (Å²) in [6.45, 7) is 0.584. The summed E-state index contributed by atoms with van der Waals surface area (Å²) in [4.78, 5) is 12.8. The van der Waals surface area contributed by atoms with Crippen molar-refractivity contribution in [1.29, 1.82) is 0 Å². The van der Waals surface area contributed by atoms with Gasteiger partial charge in [-0.3, -0.25) is 4.79 Å². The quantitative estimate of drug-likeness (QED) is 0.526. The van der Waals surface area contributed by atoms with Gasteiger partial charge < -0.3 is 9.88 Å². The third-order valence-electron chi connectivity index (χ3n) is 4.34. The second-order valence-electron chi connectivity index (χ2n) is 6.45. The average Bonchev–Trinajstić information content (AvgIpc) is 3.36. The molecule has 0 aliphatic rings. The molecule has 0 atom stereocenters. The molecule has 2 aromatic heterocycles. The SMILES string of the molecule is O=C(NCc1cccc(Cl)c1)c1nnn(Cc2cccc(F)c2)c1-n1cccc1. The Kier molecular flexibility index (Phi) is 5.39. The molecule has 0 radical (unpaired) electrons. The summed E-state index contributed by atoms with van der Waals surface area (Å²) in [7, 11) is 0. The highest BCUT2D eigenvalue weighted by molar-refractivity contribution is 6.30. The predicted octanol–water partition coefficient (Wildman–Crippen LogP) is 3.84. The number of rotatable bonds is 6. The standard InChI is InChI=1S/C21H17ClFN5O/c22-17-7-3-5-15(11-17)13-24-20(29)19-21(27-9-1-2-10-27)28(26-25-19)14-16-6-4-8-18(23)12-16/h1-12H,13-14H2,(H,24,29). The minimum atomic E-state index is -0.362. The molecule has 2 aromatic carbocycles. The van der Waals surface area contributed by atoms with Crippen LogP contribution in [0.3, 0.4) is 0 Å². The van der Waals surface area contributed by atoms with Gasteiger partial charge in [0.25, 0.3) is 5.91 Å². The molecular weight excluding hydrogens is 393 g/mol. The maximum Gasteiger partial charge on any atom is 0.276 e. The van der Waals surface area contributed by atoms with Gasteiger partial charge in [-0.2, -0.15) is 0 Å². The third-order valence-corrected chi connectivity index (χ3v) is 4.57. The van der Waals surface area contributed by atoms with Crippen LogP contribution in [0.5, 0.6) is 0 Å². The first-order valence-electron chi connectivity index (χ1n) is 8.94. The molecule has 0 aliphatic carbocycles. The van der Waals surface area contributed by atoms with Crippen molar-refractivity contribution in [2.45, 2.75) is 13.1 Å². The van der Waals surface area contributed by atoms with Crippen LogP contribution in [0.2, 0.25) is 5.02 Å². The Labute approximate surface area is 171 Å². The highest BCUT2D eigenvalue weighted by Crippen LogP contribution is 2.16. The van der Waals surface area contributed by atoms with Crippen molar-refractivity contribution in [3.05, 3.63) is 101 Å². The van der Waals surface area contributed by atoms with Crippen molar-refractivity contribution in [3.8, 4) is 5.82 Å². The van der Waals surface area contributed by atoms with Crippen molar-refractivity contribution in [3.63, 3.8) is 0 Å². The molecule has 6 nitrogen and oxygen atoms in total. The van der Waals surface area contributed by atoms with Crippen molar-refractivity contribution >= 4 is 17.5 Å². The van der Waals surface area contributed by atoms with E-state index < -0.39 is 0 Å². The van der Waals surface area contributed by atoms with E-state index in [0.717, 1.165) is 5.56 Å². The van der Waals surface area contributed by atoms with E-state index in [0.29, 0.717) is 22.9 Å². The van der Waals surface area contributed by atoms with E-state index in [1.807, 2.05) is 24.3 Å².